The van der Waals surface area contributed by atoms with Crippen molar-refractivity contribution in [3.05, 3.63) is 23.8 Å². The van der Waals surface area contributed by atoms with Gasteiger partial charge in [-0.25, -0.2) is 9.97 Å². The van der Waals surface area contributed by atoms with Crippen LogP contribution >= 0.6 is 12.4 Å². The van der Waals surface area contributed by atoms with Crippen molar-refractivity contribution in [3.63, 3.8) is 0 Å². The summed E-state index contributed by atoms with van der Waals surface area (Å²) in [7, 11) is 0. The zero-order valence-corrected chi connectivity index (χ0v) is 8.68. The molecule has 0 unspecified atom stereocenters. The maximum Gasteiger partial charge on any atom is 0.129 e. The van der Waals surface area contributed by atoms with Gasteiger partial charge in [0, 0.05) is 18.8 Å². The molecule has 4 heteroatoms. The summed E-state index contributed by atoms with van der Waals surface area (Å²) in [5.41, 5.74) is 6.58. The third-order valence-electron chi connectivity index (χ3n) is 1.67. The van der Waals surface area contributed by atoms with Gasteiger partial charge in [0.25, 0.3) is 0 Å². The zero-order chi connectivity index (χ0) is 8.81. The molecule has 0 atom stereocenters. The first-order valence-corrected chi connectivity index (χ1v) is 4.36. The number of aromatic nitrogens is 2. The quantitative estimate of drug-likeness (QED) is 0.800. The van der Waals surface area contributed by atoms with Crippen LogP contribution in [0.1, 0.15) is 24.7 Å². The molecule has 3 nitrogen and oxygen atoms in total. The number of nitrogens with two attached hydrogens (primary N) is 1. The Hall–Kier alpha value is -0.670. The molecule has 1 aromatic rings. The number of aryl methyl sites for hydroxylation is 1. The molecule has 2 N–H and O–H groups in total. The Morgan fingerprint density at radius 1 is 1.23 bits per heavy atom. The number of nitrogens with zero attached hydrogens (tertiary/aromatic N) is 2. The molecule has 0 aromatic carbocycles. The van der Waals surface area contributed by atoms with E-state index in [0.717, 1.165) is 25.1 Å². The summed E-state index contributed by atoms with van der Waals surface area (Å²) < 4.78 is 0. The van der Waals surface area contributed by atoms with E-state index in [4.69, 9.17) is 5.73 Å². The van der Waals surface area contributed by atoms with Gasteiger partial charge >= 0.3 is 0 Å². The van der Waals surface area contributed by atoms with Crippen LogP contribution in [0.5, 0.6) is 0 Å². The van der Waals surface area contributed by atoms with Gasteiger partial charge in [0.05, 0.1) is 0 Å². The molecular formula is C9H16ClN3. The first kappa shape index (κ1) is 12.3. The second-order valence-electron chi connectivity index (χ2n) is 2.80. The maximum atomic E-state index is 5.38. The highest BCUT2D eigenvalue weighted by Gasteiger charge is 1.95. The van der Waals surface area contributed by atoms with Crippen LogP contribution in [0.3, 0.4) is 0 Å². The Morgan fingerprint density at radius 2 is 1.85 bits per heavy atom. The van der Waals surface area contributed by atoms with Crippen molar-refractivity contribution in [2.75, 3.05) is 6.54 Å². The highest BCUT2D eigenvalue weighted by Crippen LogP contribution is 1.99. The van der Waals surface area contributed by atoms with Crippen LogP contribution in [0.15, 0.2) is 12.4 Å². The van der Waals surface area contributed by atoms with E-state index in [1.54, 1.807) is 0 Å². The third kappa shape index (κ3) is 4.20. The van der Waals surface area contributed by atoms with Crippen molar-refractivity contribution in [2.24, 2.45) is 5.73 Å². The normalized spacial score (nSPS) is 9.38. The number of hydrogen-bond acceptors (Lipinski definition) is 3. The second kappa shape index (κ2) is 6.80. The molecule has 0 saturated heterocycles. The smallest absolute Gasteiger partial charge is 0.129 e. The van der Waals surface area contributed by atoms with Crippen LogP contribution in [-0.2, 0) is 12.8 Å². The standard InChI is InChI=1S/C9H15N3.ClH/c1-2-3-8-6-11-9(4-5-10)12-7-8;/h6-7H,2-5,10H2,1H3;1H. The first-order valence-electron chi connectivity index (χ1n) is 4.36. The Labute approximate surface area is 85.2 Å². The van der Waals surface area contributed by atoms with Gasteiger partial charge in [-0.05, 0) is 18.5 Å². The van der Waals surface area contributed by atoms with Crippen molar-refractivity contribution >= 4 is 12.4 Å². The van der Waals surface area contributed by atoms with Gasteiger partial charge in [-0.2, -0.15) is 0 Å². The number of halogens is 1. The van der Waals surface area contributed by atoms with Gasteiger partial charge in [0.1, 0.15) is 5.82 Å². The van der Waals surface area contributed by atoms with Gasteiger partial charge in [-0.1, -0.05) is 13.3 Å². The maximum absolute atomic E-state index is 5.38. The lowest BCUT2D eigenvalue weighted by atomic mass is 10.2. The van der Waals surface area contributed by atoms with Crippen LogP contribution in [0, 0.1) is 0 Å². The van der Waals surface area contributed by atoms with Crippen LogP contribution in [-0.4, -0.2) is 16.5 Å². The summed E-state index contributed by atoms with van der Waals surface area (Å²) in [6.07, 6.45) is 6.75. The SMILES string of the molecule is CCCc1cnc(CCN)nc1.Cl. The Morgan fingerprint density at radius 3 is 2.31 bits per heavy atom. The molecule has 13 heavy (non-hydrogen) atoms. The van der Waals surface area contributed by atoms with Crippen LogP contribution in [0.25, 0.3) is 0 Å². The van der Waals surface area contributed by atoms with E-state index < -0.39 is 0 Å². The van der Waals surface area contributed by atoms with Crippen LogP contribution in [0.4, 0.5) is 0 Å². The molecule has 0 aliphatic heterocycles. The predicted octanol–water partition coefficient (Wildman–Crippen LogP) is 1.35. The minimum atomic E-state index is 0. The van der Waals surface area contributed by atoms with Gasteiger partial charge in [0.15, 0.2) is 0 Å². The Balaban J connectivity index is 0.00000144. The second-order valence-corrected chi connectivity index (χ2v) is 2.80. The van der Waals surface area contributed by atoms with E-state index in [1.165, 1.54) is 5.56 Å². The van der Waals surface area contributed by atoms with Crippen molar-refractivity contribution in [2.45, 2.75) is 26.2 Å². The summed E-state index contributed by atoms with van der Waals surface area (Å²) in [4.78, 5) is 8.39. The molecule has 1 aromatic heterocycles. The molecular weight excluding hydrogens is 186 g/mol. The largest absolute Gasteiger partial charge is 0.330 e. The molecule has 74 valence electrons. The monoisotopic (exact) mass is 201 g/mol. The van der Waals surface area contributed by atoms with Crippen molar-refractivity contribution in [3.8, 4) is 0 Å². The van der Waals surface area contributed by atoms with E-state index in [-0.39, 0.29) is 12.4 Å². The fourth-order valence-electron chi connectivity index (χ4n) is 1.06. The zero-order valence-electron chi connectivity index (χ0n) is 7.86. The van der Waals surface area contributed by atoms with Gasteiger partial charge in [0.2, 0.25) is 0 Å². The van der Waals surface area contributed by atoms with E-state index in [0.29, 0.717) is 6.54 Å². The average Bonchev–Trinajstić information content (AvgIpc) is 2.09. The van der Waals surface area contributed by atoms with E-state index >= 15 is 0 Å². The van der Waals surface area contributed by atoms with Crippen molar-refractivity contribution in [1.82, 2.24) is 9.97 Å². The molecule has 0 spiro atoms. The van der Waals surface area contributed by atoms with E-state index in [1.807, 2.05) is 12.4 Å². The molecule has 0 aliphatic rings. The van der Waals surface area contributed by atoms with E-state index in [2.05, 4.69) is 16.9 Å². The summed E-state index contributed by atoms with van der Waals surface area (Å²) in [6, 6.07) is 0. The molecule has 1 rings (SSSR count). The molecule has 0 radical (unpaired) electrons. The summed E-state index contributed by atoms with van der Waals surface area (Å²) >= 11 is 0. The minimum Gasteiger partial charge on any atom is -0.330 e. The molecule has 0 fully saturated rings. The Bertz CT molecular complexity index is 198. The highest BCUT2D eigenvalue weighted by molar-refractivity contribution is 5.85. The van der Waals surface area contributed by atoms with Crippen LogP contribution < -0.4 is 5.73 Å². The lowest BCUT2D eigenvalue weighted by Crippen LogP contribution is -2.06. The molecule has 0 amide bonds. The van der Waals surface area contributed by atoms with Crippen molar-refractivity contribution < 1.29 is 0 Å². The van der Waals surface area contributed by atoms with Gasteiger partial charge < -0.3 is 5.73 Å². The van der Waals surface area contributed by atoms with Crippen molar-refractivity contribution in [1.29, 1.82) is 0 Å². The van der Waals surface area contributed by atoms with Crippen LogP contribution in [0.2, 0.25) is 0 Å². The lowest BCUT2D eigenvalue weighted by molar-refractivity contribution is 0.838. The topological polar surface area (TPSA) is 51.8 Å². The average molecular weight is 202 g/mol. The lowest BCUT2D eigenvalue weighted by Gasteiger charge is -1.99. The molecule has 0 saturated carbocycles. The number of hydrogen-bond donors (Lipinski definition) is 1. The minimum absolute atomic E-state index is 0. The van der Waals surface area contributed by atoms with Gasteiger partial charge in [-0.15, -0.1) is 12.4 Å². The summed E-state index contributed by atoms with van der Waals surface area (Å²) in [6.45, 7) is 2.76. The van der Waals surface area contributed by atoms with E-state index in [9.17, 15) is 0 Å². The molecule has 1 heterocycles. The first-order chi connectivity index (χ1) is 5.86. The molecule has 0 aliphatic carbocycles. The summed E-state index contributed by atoms with van der Waals surface area (Å²) in [5.74, 6) is 0.845. The fraction of sp³-hybridized carbons (Fsp3) is 0.556. The predicted molar refractivity (Wildman–Crippen MR) is 56.0 cm³/mol. The highest BCUT2D eigenvalue weighted by atomic mass is 35.5. The summed E-state index contributed by atoms with van der Waals surface area (Å²) in [5, 5.41) is 0. The molecule has 0 bridgehead atoms. The number of rotatable bonds is 4. The Kier molecular flexibility index (Phi) is 6.45. The van der Waals surface area contributed by atoms with Gasteiger partial charge in [-0.3, -0.25) is 0 Å². The fourth-order valence-corrected chi connectivity index (χ4v) is 1.06. The third-order valence-corrected chi connectivity index (χ3v) is 1.67.